The molecule has 5 nitrogen and oxygen atoms in total. The molecule has 2 atom stereocenters. The number of aliphatic hydroxyl groups excluding tert-OH is 1. The van der Waals surface area contributed by atoms with Crippen molar-refractivity contribution in [2.45, 2.75) is 59.2 Å². The van der Waals surface area contributed by atoms with Crippen LogP contribution in [0.3, 0.4) is 0 Å². The Morgan fingerprint density at radius 3 is 2.39 bits per heavy atom. The topological polar surface area (TPSA) is 74.2 Å². The molecular formula is C29H35F2N3O2. The fraction of sp³-hybridized carbons (Fsp3) is 0.379. The first kappa shape index (κ1) is 27.4. The summed E-state index contributed by atoms with van der Waals surface area (Å²) in [4.78, 5) is 16.0. The van der Waals surface area contributed by atoms with Crippen LogP contribution in [0.25, 0.3) is 11.1 Å². The summed E-state index contributed by atoms with van der Waals surface area (Å²) >= 11 is 0. The molecule has 0 saturated carbocycles. The third-order valence-electron chi connectivity index (χ3n) is 5.78. The van der Waals surface area contributed by atoms with Crippen LogP contribution in [0, 0.1) is 17.0 Å². The first-order chi connectivity index (χ1) is 17.0. The van der Waals surface area contributed by atoms with Crippen molar-refractivity contribution in [1.82, 2.24) is 15.6 Å². The third-order valence-corrected chi connectivity index (χ3v) is 5.78. The van der Waals surface area contributed by atoms with Crippen molar-refractivity contribution in [3.8, 4) is 11.1 Å². The van der Waals surface area contributed by atoms with Gasteiger partial charge in [0.15, 0.2) is 0 Å². The summed E-state index contributed by atoms with van der Waals surface area (Å²) in [6.45, 7) is 8.61. The Kier molecular flexibility index (Phi) is 9.29. The zero-order valence-electron chi connectivity index (χ0n) is 21.3. The lowest BCUT2D eigenvalue weighted by Gasteiger charge is -2.25. The number of amides is 1. The summed E-state index contributed by atoms with van der Waals surface area (Å²) in [7, 11) is 0. The maximum Gasteiger partial charge on any atom is 0.217 e. The number of aliphatic hydroxyl groups is 1. The summed E-state index contributed by atoms with van der Waals surface area (Å²) in [5.41, 5.74) is 4.84. The van der Waals surface area contributed by atoms with E-state index in [-0.39, 0.29) is 24.3 Å². The molecule has 0 aliphatic heterocycles. The molecular weight excluding hydrogens is 460 g/mol. The summed E-state index contributed by atoms with van der Waals surface area (Å²) in [6.07, 6.45) is 3.60. The lowest BCUT2D eigenvalue weighted by molar-refractivity contribution is -0.120. The minimum atomic E-state index is -0.972. The quantitative estimate of drug-likeness (QED) is 0.377. The highest BCUT2D eigenvalue weighted by Crippen LogP contribution is 2.27. The molecule has 0 aliphatic carbocycles. The predicted molar refractivity (Wildman–Crippen MR) is 138 cm³/mol. The van der Waals surface area contributed by atoms with E-state index in [0.29, 0.717) is 12.1 Å². The third kappa shape index (κ3) is 8.50. The minimum absolute atomic E-state index is 0.0963. The monoisotopic (exact) mass is 495 g/mol. The van der Waals surface area contributed by atoms with E-state index in [1.807, 2.05) is 18.3 Å². The van der Waals surface area contributed by atoms with Gasteiger partial charge in [0.25, 0.3) is 0 Å². The molecule has 0 fully saturated rings. The van der Waals surface area contributed by atoms with Crippen LogP contribution in [0.5, 0.6) is 0 Å². The highest BCUT2D eigenvalue weighted by molar-refractivity contribution is 5.73. The summed E-state index contributed by atoms with van der Waals surface area (Å²) in [5.74, 6) is -1.72. The molecule has 2 unspecified atom stereocenters. The van der Waals surface area contributed by atoms with E-state index >= 15 is 0 Å². The molecule has 3 rings (SSSR count). The molecule has 2 aromatic carbocycles. The second-order valence-corrected chi connectivity index (χ2v) is 10.5. The average Bonchev–Trinajstić information content (AvgIpc) is 2.77. The molecule has 1 heterocycles. The number of nitrogens with zero attached hydrogens (tertiary/aromatic N) is 1. The van der Waals surface area contributed by atoms with Gasteiger partial charge in [-0.3, -0.25) is 9.78 Å². The number of carbonyl (C=O) groups is 1. The molecule has 0 spiro atoms. The lowest BCUT2D eigenvalue weighted by Crippen LogP contribution is -2.48. The van der Waals surface area contributed by atoms with E-state index < -0.39 is 23.8 Å². The molecule has 1 aromatic heterocycles. The maximum atomic E-state index is 13.6. The Bertz CT molecular complexity index is 1140. The van der Waals surface area contributed by atoms with Gasteiger partial charge in [0.2, 0.25) is 5.91 Å². The van der Waals surface area contributed by atoms with Crippen LogP contribution < -0.4 is 10.6 Å². The number of nitrogens with one attached hydrogen (secondary N) is 2. The van der Waals surface area contributed by atoms with Gasteiger partial charge in [0.05, 0.1) is 12.1 Å². The predicted octanol–water partition coefficient (Wildman–Crippen LogP) is 4.81. The number of carbonyl (C=O) groups excluding carboxylic acids is 1. The number of aromatic nitrogens is 1. The molecule has 0 radical (unpaired) electrons. The van der Waals surface area contributed by atoms with Gasteiger partial charge in [-0.05, 0) is 58.7 Å². The van der Waals surface area contributed by atoms with Crippen LogP contribution in [-0.2, 0) is 24.2 Å². The largest absolute Gasteiger partial charge is 0.390 e. The number of halogens is 2. The molecule has 7 heteroatoms. The molecule has 36 heavy (non-hydrogen) atoms. The average molecular weight is 496 g/mol. The van der Waals surface area contributed by atoms with Gasteiger partial charge < -0.3 is 15.7 Å². The van der Waals surface area contributed by atoms with Gasteiger partial charge in [-0.2, -0.15) is 0 Å². The van der Waals surface area contributed by atoms with Crippen LogP contribution in [0.4, 0.5) is 8.78 Å². The van der Waals surface area contributed by atoms with Gasteiger partial charge in [0, 0.05) is 44.0 Å². The Balaban J connectivity index is 1.74. The van der Waals surface area contributed by atoms with Gasteiger partial charge in [-0.1, -0.05) is 45.0 Å². The van der Waals surface area contributed by atoms with Gasteiger partial charge in [-0.25, -0.2) is 8.78 Å². The van der Waals surface area contributed by atoms with Crippen molar-refractivity contribution >= 4 is 5.91 Å². The standard InChI is InChI=1S/C29H35F2N3O2/c1-19(35)34-27(13-21-11-24(30)14-25(31)12-21)28(36)18-33-17-23-10-20(15-29(2,3)4)7-8-26(23)22-6-5-9-32-16-22/h5-12,14,16,27-28,33,36H,13,15,17-18H2,1-4H3,(H,34,35). The van der Waals surface area contributed by atoms with Crippen LogP contribution in [0.15, 0.2) is 60.9 Å². The van der Waals surface area contributed by atoms with Crippen molar-refractivity contribution in [3.05, 3.63) is 89.2 Å². The first-order valence-corrected chi connectivity index (χ1v) is 12.1. The van der Waals surface area contributed by atoms with Gasteiger partial charge in [0.1, 0.15) is 11.6 Å². The fourth-order valence-electron chi connectivity index (χ4n) is 4.34. The highest BCUT2D eigenvalue weighted by Gasteiger charge is 2.21. The number of hydrogen-bond acceptors (Lipinski definition) is 4. The van der Waals surface area contributed by atoms with E-state index in [1.165, 1.54) is 24.6 Å². The summed E-state index contributed by atoms with van der Waals surface area (Å²) < 4.78 is 27.3. The fourth-order valence-corrected chi connectivity index (χ4v) is 4.34. The zero-order chi connectivity index (χ0) is 26.3. The number of benzene rings is 2. The smallest absolute Gasteiger partial charge is 0.217 e. The molecule has 3 aromatic rings. The second kappa shape index (κ2) is 12.2. The van der Waals surface area contributed by atoms with E-state index in [2.05, 4.69) is 54.6 Å². The normalized spacial score (nSPS) is 13.3. The summed E-state index contributed by atoms with van der Waals surface area (Å²) in [5, 5.41) is 16.9. The van der Waals surface area contributed by atoms with Crippen LogP contribution >= 0.6 is 0 Å². The van der Waals surface area contributed by atoms with Crippen molar-refractivity contribution in [1.29, 1.82) is 0 Å². The van der Waals surface area contributed by atoms with E-state index in [0.717, 1.165) is 29.2 Å². The van der Waals surface area contributed by atoms with E-state index in [9.17, 15) is 18.7 Å². The lowest BCUT2D eigenvalue weighted by atomic mass is 9.86. The van der Waals surface area contributed by atoms with Crippen molar-refractivity contribution in [3.63, 3.8) is 0 Å². The Morgan fingerprint density at radius 2 is 1.78 bits per heavy atom. The molecule has 0 bridgehead atoms. The van der Waals surface area contributed by atoms with Gasteiger partial charge in [-0.15, -0.1) is 0 Å². The second-order valence-electron chi connectivity index (χ2n) is 10.5. The van der Waals surface area contributed by atoms with Crippen LogP contribution in [0.1, 0.15) is 44.4 Å². The Hall–Kier alpha value is -3.16. The minimum Gasteiger partial charge on any atom is -0.390 e. The van der Waals surface area contributed by atoms with E-state index in [4.69, 9.17) is 0 Å². The van der Waals surface area contributed by atoms with Crippen molar-refractivity contribution in [2.75, 3.05) is 6.54 Å². The van der Waals surface area contributed by atoms with Crippen LogP contribution in [0.2, 0.25) is 0 Å². The number of hydrogen-bond donors (Lipinski definition) is 3. The number of pyridine rings is 1. The molecule has 0 aliphatic rings. The molecule has 0 saturated heterocycles. The molecule has 192 valence electrons. The van der Waals surface area contributed by atoms with Crippen molar-refractivity contribution in [2.24, 2.45) is 5.41 Å². The van der Waals surface area contributed by atoms with Gasteiger partial charge >= 0.3 is 0 Å². The maximum absolute atomic E-state index is 13.6. The van der Waals surface area contributed by atoms with Crippen molar-refractivity contribution < 1.29 is 18.7 Å². The first-order valence-electron chi connectivity index (χ1n) is 12.1. The Labute approximate surface area is 212 Å². The molecule has 1 amide bonds. The highest BCUT2D eigenvalue weighted by atomic mass is 19.1. The molecule has 3 N–H and O–H groups in total. The number of rotatable bonds is 10. The summed E-state index contributed by atoms with van der Waals surface area (Å²) in [6, 6.07) is 12.8. The van der Waals surface area contributed by atoms with Crippen LogP contribution in [-0.4, -0.2) is 34.7 Å². The zero-order valence-corrected chi connectivity index (χ0v) is 21.3. The Morgan fingerprint density at radius 1 is 1.06 bits per heavy atom. The van der Waals surface area contributed by atoms with E-state index in [1.54, 1.807) is 6.20 Å². The SMILES string of the molecule is CC(=O)NC(Cc1cc(F)cc(F)c1)C(O)CNCc1cc(CC(C)(C)C)ccc1-c1cccnc1.